The third-order valence-corrected chi connectivity index (χ3v) is 7.08. The Balaban J connectivity index is 1.38. The van der Waals surface area contributed by atoms with E-state index < -0.39 is 5.60 Å². The summed E-state index contributed by atoms with van der Waals surface area (Å²) in [5.74, 6) is 1.36. The van der Waals surface area contributed by atoms with E-state index in [0.29, 0.717) is 42.0 Å². The van der Waals surface area contributed by atoms with Gasteiger partial charge in [0.25, 0.3) is 5.91 Å². The molecule has 35 heavy (non-hydrogen) atoms. The fraction of sp³-hybridized carbons (Fsp3) is 0.440. The van der Waals surface area contributed by atoms with Gasteiger partial charge in [0.2, 0.25) is 5.95 Å². The van der Waals surface area contributed by atoms with Crippen molar-refractivity contribution in [2.24, 2.45) is 0 Å². The minimum absolute atomic E-state index is 0.0199. The number of amides is 1. The van der Waals surface area contributed by atoms with Crippen molar-refractivity contribution in [1.82, 2.24) is 25.1 Å². The number of aliphatic hydroxyl groups is 1. The van der Waals surface area contributed by atoms with Crippen LogP contribution in [0.1, 0.15) is 60.5 Å². The summed E-state index contributed by atoms with van der Waals surface area (Å²) in [6, 6.07) is 6.04. The smallest absolute Gasteiger partial charge is 0.255 e. The van der Waals surface area contributed by atoms with E-state index in [4.69, 9.17) is 11.6 Å². The highest BCUT2D eigenvalue weighted by molar-refractivity contribution is 6.32. The normalized spacial score (nSPS) is 18.9. The van der Waals surface area contributed by atoms with Crippen LogP contribution in [0.25, 0.3) is 0 Å². The molecule has 1 saturated heterocycles. The molecule has 5 rings (SSSR count). The number of hydrogen-bond donors (Lipinski definition) is 4. The van der Waals surface area contributed by atoms with Gasteiger partial charge in [0.1, 0.15) is 10.6 Å². The van der Waals surface area contributed by atoms with Crippen molar-refractivity contribution in [3.8, 4) is 0 Å². The molecule has 4 N–H and O–H groups in total. The molecule has 2 aromatic heterocycles. The van der Waals surface area contributed by atoms with Crippen LogP contribution in [-0.2, 0) is 4.79 Å². The molecule has 0 bridgehead atoms. The van der Waals surface area contributed by atoms with Crippen LogP contribution in [0.3, 0.4) is 0 Å². The first-order valence-electron chi connectivity index (χ1n) is 12.0. The number of likely N-dealkylation sites (tertiary alicyclic amines) is 1. The van der Waals surface area contributed by atoms with Crippen molar-refractivity contribution in [2.45, 2.75) is 64.5 Å². The van der Waals surface area contributed by atoms with Crippen LogP contribution in [0.15, 0.2) is 24.4 Å². The van der Waals surface area contributed by atoms with Gasteiger partial charge in [0, 0.05) is 24.0 Å². The molecule has 1 atom stereocenters. The quantitative estimate of drug-likeness (QED) is 0.386. The van der Waals surface area contributed by atoms with Gasteiger partial charge in [0.05, 0.1) is 12.2 Å². The summed E-state index contributed by atoms with van der Waals surface area (Å²) in [4.78, 5) is 23.7. The number of rotatable bonds is 6. The summed E-state index contributed by atoms with van der Waals surface area (Å²) in [6.45, 7) is 6.68. The van der Waals surface area contributed by atoms with Gasteiger partial charge in [-0.15, -0.1) is 0 Å². The Hall–Kier alpha value is -3.17. The Bertz CT molecular complexity index is 1270. The van der Waals surface area contributed by atoms with Crippen LogP contribution in [0.4, 0.5) is 23.3 Å². The second kappa shape index (κ2) is 9.13. The lowest BCUT2D eigenvalue weighted by molar-refractivity contribution is -0.146. The summed E-state index contributed by atoms with van der Waals surface area (Å²) < 4.78 is 0. The number of benzene rings is 1. The summed E-state index contributed by atoms with van der Waals surface area (Å²) in [5, 5.41) is 24.3. The predicted octanol–water partition coefficient (Wildman–Crippen LogP) is 4.84. The number of H-pyrrole nitrogens is 1. The van der Waals surface area contributed by atoms with Crippen molar-refractivity contribution in [1.29, 1.82) is 0 Å². The molecule has 1 saturated carbocycles. The first-order valence-corrected chi connectivity index (χ1v) is 12.3. The number of nitrogens with one attached hydrogen (secondary N) is 3. The van der Waals surface area contributed by atoms with E-state index in [1.54, 1.807) is 6.20 Å². The fourth-order valence-corrected chi connectivity index (χ4v) is 4.81. The number of anilines is 4. The molecule has 3 heterocycles. The molecule has 184 valence electrons. The highest BCUT2D eigenvalue weighted by Crippen LogP contribution is 2.42. The minimum atomic E-state index is -1.15. The molecule has 9 nitrogen and oxygen atoms in total. The van der Waals surface area contributed by atoms with E-state index in [9.17, 15) is 9.90 Å². The largest absolute Gasteiger partial charge is 0.380 e. The SMILES string of the molecule is Cc1cc(Nc2nc(Nc3cc(C)c(C4CCCCN4C(=O)C4(O)CC4)cc3C)ncc2Cl)n[nH]1. The van der Waals surface area contributed by atoms with E-state index in [0.717, 1.165) is 47.3 Å². The van der Waals surface area contributed by atoms with Gasteiger partial charge in [0.15, 0.2) is 11.6 Å². The van der Waals surface area contributed by atoms with E-state index in [1.807, 2.05) is 24.8 Å². The highest BCUT2D eigenvalue weighted by atomic mass is 35.5. The molecule has 2 fully saturated rings. The van der Waals surface area contributed by atoms with Crippen LogP contribution >= 0.6 is 11.6 Å². The zero-order valence-electron chi connectivity index (χ0n) is 20.2. The molecule has 1 unspecified atom stereocenters. The summed E-state index contributed by atoms with van der Waals surface area (Å²) >= 11 is 6.29. The Morgan fingerprint density at radius 1 is 1.17 bits per heavy atom. The maximum atomic E-state index is 13.0. The van der Waals surface area contributed by atoms with E-state index in [1.165, 1.54) is 0 Å². The molecule has 0 spiro atoms. The first kappa shape index (κ1) is 23.6. The van der Waals surface area contributed by atoms with Gasteiger partial charge in [-0.2, -0.15) is 10.1 Å². The molecule has 3 aromatic rings. The summed E-state index contributed by atoms with van der Waals surface area (Å²) in [7, 11) is 0. The molecule has 1 aliphatic heterocycles. The van der Waals surface area contributed by atoms with Crippen LogP contribution in [0.2, 0.25) is 5.02 Å². The minimum Gasteiger partial charge on any atom is -0.380 e. The molecule has 1 aromatic carbocycles. The second-order valence-corrected chi connectivity index (χ2v) is 10.0. The van der Waals surface area contributed by atoms with Crippen molar-refractivity contribution in [3.05, 3.63) is 51.8 Å². The third kappa shape index (κ3) is 4.83. The zero-order valence-corrected chi connectivity index (χ0v) is 20.9. The third-order valence-electron chi connectivity index (χ3n) is 6.80. The lowest BCUT2D eigenvalue weighted by Gasteiger charge is -2.38. The van der Waals surface area contributed by atoms with Crippen LogP contribution in [-0.4, -0.2) is 48.2 Å². The van der Waals surface area contributed by atoms with Gasteiger partial charge >= 0.3 is 0 Å². The zero-order chi connectivity index (χ0) is 24.7. The molecule has 10 heteroatoms. The lowest BCUT2D eigenvalue weighted by Crippen LogP contribution is -2.45. The van der Waals surface area contributed by atoms with Crippen LogP contribution < -0.4 is 10.6 Å². The average molecular weight is 496 g/mol. The van der Waals surface area contributed by atoms with Crippen molar-refractivity contribution in [3.63, 3.8) is 0 Å². The second-order valence-electron chi connectivity index (χ2n) is 9.64. The number of aryl methyl sites for hydroxylation is 3. The number of nitrogens with zero attached hydrogens (tertiary/aromatic N) is 4. The van der Waals surface area contributed by atoms with Crippen molar-refractivity contribution < 1.29 is 9.90 Å². The standard InChI is InChI=1S/C25H30ClN7O2/c1-14-11-19(28-24-27-13-18(26)22(30-24)29-21-12-16(3)31-32-21)15(2)10-17(14)20-6-4-5-9-33(20)23(34)25(35)7-8-25/h10-13,20,35H,4-9H2,1-3H3,(H3,27,28,29,30,31,32). The first-order chi connectivity index (χ1) is 16.7. The van der Waals surface area contributed by atoms with Crippen molar-refractivity contribution >= 4 is 40.8 Å². The molecule has 0 radical (unpaired) electrons. The number of hydrogen-bond acceptors (Lipinski definition) is 7. The maximum absolute atomic E-state index is 13.0. The van der Waals surface area contributed by atoms with E-state index >= 15 is 0 Å². The Labute approximate surface area is 209 Å². The van der Waals surface area contributed by atoms with E-state index in [-0.39, 0.29) is 11.9 Å². The Morgan fingerprint density at radius 3 is 2.69 bits per heavy atom. The molecule has 1 aliphatic carbocycles. The summed E-state index contributed by atoms with van der Waals surface area (Å²) in [6.07, 6.45) is 5.61. The number of piperidine rings is 1. The van der Waals surface area contributed by atoms with Gasteiger partial charge < -0.3 is 20.6 Å². The van der Waals surface area contributed by atoms with Crippen LogP contribution in [0, 0.1) is 20.8 Å². The Morgan fingerprint density at radius 2 is 1.97 bits per heavy atom. The fourth-order valence-electron chi connectivity index (χ4n) is 4.67. The number of aromatic nitrogens is 4. The van der Waals surface area contributed by atoms with Gasteiger partial charge in [-0.05, 0) is 75.6 Å². The Kier molecular flexibility index (Phi) is 6.14. The number of carbonyl (C=O) groups excluding carboxylic acids is 1. The average Bonchev–Trinajstić information content (AvgIpc) is 3.46. The number of aromatic amines is 1. The van der Waals surface area contributed by atoms with Gasteiger partial charge in [-0.1, -0.05) is 17.7 Å². The van der Waals surface area contributed by atoms with Gasteiger partial charge in [-0.25, -0.2) is 4.98 Å². The molecule has 1 amide bonds. The van der Waals surface area contributed by atoms with Gasteiger partial charge in [-0.3, -0.25) is 9.89 Å². The lowest BCUT2D eigenvalue weighted by atomic mass is 9.90. The predicted molar refractivity (Wildman–Crippen MR) is 135 cm³/mol. The number of carbonyl (C=O) groups is 1. The van der Waals surface area contributed by atoms with Crippen molar-refractivity contribution in [2.75, 3.05) is 17.2 Å². The maximum Gasteiger partial charge on any atom is 0.255 e. The summed E-state index contributed by atoms with van der Waals surface area (Å²) in [5.41, 5.74) is 3.87. The number of halogens is 1. The monoisotopic (exact) mass is 495 g/mol. The topological polar surface area (TPSA) is 119 Å². The molecule has 2 aliphatic rings. The van der Waals surface area contributed by atoms with Crippen LogP contribution in [0.5, 0.6) is 0 Å². The van der Waals surface area contributed by atoms with E-state index in [2.05, 4.69) is 49.9 Å². The molecular weight excluding hydrogens is 466 g/mol. The highest BCUT2D eigenvalue weighted by Gasteiger charge is 2.51. The molecular formula is C25H30ClN7O2.